The van der Waals surface area contributed by atoms with E-state index in [1.165, 1.54) is 6.92 Å². The highest BCUT2D eigenvalue weighted by Gasteiger charge is 2.17. The molecule has 0 aliphatic carbocycles. The minimum absolute atomic E-state index is 0.0224. The van der Waals surface area contributed by atoms with E-state index >= 15 is 4.39 Å². The van der Waals surface area contributed by atoms with Crippen LogP contribution in [0.15, 0.2) is 60.7 Å². The molecule has 0 bridgehead atoms. The molecule has 1 atom stereocenters. The molecule has 34 heavy (non-hydrogen) atoms. The number of ketones is 1. The summed E-state index contributed by atoms with van der Waals surface area (Å²) in [5.41, 5.74) is 3.50. The van der Waals surface area contributed by atoms with Crippen molar-refractivity contribution in [3.05, 3.63) is 88.5 Å². The predicted molar refractivity (Wildman–Crippen MR) is 125 cm³/mol. The van der Waals surface area contributed by atoms with Gasteiger partial charge in [0.25, 0.3) is 0 Å². The molecule has 0 unspecified atom stereocenters. The summed E-state index contributed by atoms with van der Waals surface area (Å²) in [6, 6.07) is 17.4. The van der Waals surface area contributed by atoms with Gasteiger partial charge in [-0.2, -0.15) is 0 Å². The summed E-state index contributed by atoms with van der Waals surface area (Å²) in [5, 5.41) is 24.2. The number of carbonyl (C=O) groups is 1. The second-order valence-corrected chi connectivity index (χ2v) is 8.01. The number of aromatic hydroxyl groups is 1. The second-order valence-electron chi connectivity index (χ2n) is 8.01. The molecule has 0 aliphatic rings. The van der Waals surface area contributed by atoms with Gasteiger partial charge < -0.3 is 9.84 Å². The molecule has 0 radical (unpaired) electrons. The average molecular weight is 461 g/mol. The number of nitrogens with zero attached hydrogens (tertiary/aromatic N) is 3. The van der Waals surface area contributed by atoms with Gasteiger partial charge in [-0.25, -0.2) is 9.49 Å². The number of ether oxygens (including phenoxy) is 1. The Hall–Kier alpha value is -4.07. The van der Waals surface area contributed by atoms with Crippen molar-refractivity contribution in [1.82, 2.24) is 20.6 Å². The molecule has 4 aromatic rings. The number of H-pyrrole nitrogens is 1. The second kappa shape index (κ2) is 10.2. The van der Waals surface area contributed by atoms with Crippen molar-refractivity contribution < 1.29 is 19.0 Å². The van der Waals surface area contributed by atoms with Crippen LogP contribution >= 0.6 is 0 Å². The highest BCUT2D eigenvalue weighted by molar-refractivity contribution is 5.97. The number of Topliss-reactive ketones (excluding diaryl/α,β-unsaturated/α-hetero) is 1. The molecular weight excluding hydrogens is 435 g/mol. The molecule has 0 aliphatic heterocycles. The van der Waals surface area contributed by atoms with Gasteiger partial charge in [0.15, 0.2) is 17.8 Å². The normalized spacial score (nSPS) is 11.9. The van der Waals surface area contributed by atoms with Gasteiger partial charge in [0.2, 0.25) is 0 Å². The van der Waals surface area contributed by atoms with Crippen LogP contribution < -0.4 is 4.74 Å². The lowest BCUT2D eigenvalue weighted by atomic mass is 9.99. The van der Waals surface area contributed by atoms with Crippen LogP contribution in [0.2, 0.25) is 0 Å². The fourth-order valence-electron chi connectivity index (χ4n) is 3.79. The number of tetrazole rings is 1. The molecule has 8 heteroatoms. The molecule has 3 aromatic carbocycles. The van der Waals surface area contributed by atoms with E-state index < -0.39 is 6.17 Å². The van der Waals surface area contributed by atoms with Crippen molar-refractivity contribution in [1.29, 1.82) is 0 Å². The van der Waals surface area contributed by atoms with E-state index in [4.69, 9.17) is 4.74 Å². The number of nitrogens with one attached hydrogen (secondary N) is 1. The summed E-state index contributed by atoms with van der Waals surface area (Å²) in [5.74, 6) is 0.800. The van der Waals surface area contributed by atoms with Crippen molar-refractivity contribution in [2.24, 2.45) is 0 Å². The van der Waals surface area contributed by atoms with E-state index in [9.17, 15) is 9.90 Å². The number of hydrogen-bond acceptors (Lipinski definition) is 6. The number of hydrogen-bond donors (Lipinski definition) is 2. The molecule has 1 heterocycles. The highest BCUT2D eigenvalue weighted by Crippen LogP contribution is 2.34. The Morgan fingerprint density at radius 1 is 1.12 bits per heavy atom. The quantitative estimate of drug-likeness (QED) is 0.326. The number of phenols is 1. The van der Waals surface area contributed by atoms with Gasteiger partial charge in [-0.05, 0) is 58.7 Å². The lowest BCUT2D eigenvalue weighted by molar-refractivity contribution is 0.101. The SMILES string of the molecule is CCCc1c(OCc2ccc([C@@H](F)c3cccc(-c4nnn[nH]4)c3)cc2)ccc(C(C)=O)c1O. The number of phenolic OH excluding ortho intramolecular Hbond substituents is 1. The first-order chi connectivity index (χ1) is 16.5. The van der Waals surface area contributed by atoms with Crippen LogP contribution in [0.5, 0.6) is 11.5 Å². The minimum Gasteiger partial charge on any atom is -0.507 e. The molecule has 1 aromatic heterocycles. The van der Waals surface area contributed by atoms with E-state index in [1.807, 2.05) is 25.1 Å². The molecule has 0 fully saturated rings. The molecule has 0 spiro atoms. The first-order valence-corrected chi connectivity index (χ1v) is 11.0. The van der Waals surface area contributed by atoms with Crippen molar-refractivity contribution in [2.75, 3.05) is 0 Å². The standard InChI is InChI=1S/C26H25FN4O3/c1-3-5-22-23(13-12-21(16(2)32)25(22)33)34-15-17-8-10-18(11-9-17)24(27)19-6-4-7-20(14-19)26-28-30-31-29-26/h4,6-14,24,33H,3,5,15H2,1-2H3,(H,28,29,30,31)/t24-/m1/s1. The lowest BCUT2D eigenvalue weighted by Crippen LogP contribution is -2.03. The molecule has 7 nitrogen and oxygen atoms in total. The molecule has 0 saturated heterocycles. The first kappa shape index (κ1) is 23.1. The van der Waals surface area contributed by atoms with Crippen LogP contribution in [0, 0.1) is 0 Å². The smallest absolute Gasteiger partial charge is 0.179 e. The maximum atomic E-state index is 15.2. The summed E-state index contributed by atoms with van der Waals surface area (Å²) in [6.07, 6.45) is 0.0815. The minimum atomic E-state index is -1.31. The molecule has 2 N–H and O–H groups in total. The van der Waals surface area contributed by atoms with Crippen LogP contribution in [0.25, 0.3) is 11.4 Å². The molecule has 0 saturated carbocycles. The Labute approximate surface area is 196 Å². The Kier molecular flexibility index (Phi) is 6.96. The van der Waals surface area contributed by atoms with Crippen molar-refractivity contribution in [2.45, 2.75) is 39.5 Å². The average Bonchev–Trinajstić information content (AvgIpc) is 3.39. The van der Waals surface area contributed by atoms with Crippen LogP contribution in [0.1, 0.15) is 59.1 Å². The summed E-state index contributed by atoms with van der Waals surface area (Å²) in [7, 11) is 0. The Balaban J connectivity index is 1.47. The van der Waals surface area contributed by atoms with E-state index in [0.717, 1.165) is 12.0 Å². The Bertz CT molecular complexity index is 1270. The number of aromatic amines is 1. The summed E-state index contributed by atoms with van der Waals surface area (Å²) >= 11 is 0. The Morgan fingerprint density at radius 3 is 2.59 bits per heavy atom. The van der Waals surface area contributed by atoms with E-state index in [0.29, 0.717) is 40.2 Å². The summed E-state index contributed by atoms with van der Waals surface area (Å²) < 4.78 is 21.2. The molecular formula is C26H25FN4O3. The van der Waals surface area contributed by atoms with Crippen molar-refractivity contribution >= 4 is 5.78 Å². The number of alkyl halides is 1. The van der Waals surface area contributed by atoms with E-state index in [2.05, 4.69) is 20.6 Å². The Morgan fingerprint density at radius 2 is 1.91 bits per heavy atom. The predicted octanol–water partition coefficient (Wildman–Crippen LogP) is 5.37. The topological polar surface area (TPSA) is 101 Å². The van der Waals surface area contributed by atoms with Crippen LogP contribution in [0.3, 0.4) is 0 Å². The molecule has 0 amide bonds. The fraction of sp³-hybridized carbons (Fsp3) is 0.231. The number of halogens is 1. The highest BCUT2D eigenvalue weighted by atomic mass is 19.1. The van der Waals surface area contributed by atoms with E-state index in [1.54, 1.807) is 42.5 Å². The van der Waals surface area contributed by atoms with Gasteiger partial charge in [-0.3, -0.25) is 4.79 Å². The van der Waals surface area contributed by atoms with Crippen molar-refractivity contribution in [3.8, 4) is 22.9 Å². The third-order valence-corrected chi connectivity index (χ3v) is 5.58. The number of carbonyl (C=O) groups excluding carboxylic acids is 1. The molecule has 4 rings (SSSR count). The lowest BCUT2D eigenvalue weighted by Gasteiger charge is -2.15. The summed E-state index contributed by atoms with van der Waals surface area (Å²) in [6.45, 7) is 3.67. The maximum absolute atomic E-state index is 15.2. The van der Waals surface area contributed by atoms with Gasteiger partial charge in [0.05, 0.1) is 5.56 Å². The van der Waals surface area contributed by atoms with Crippen LogP contribution in [0.4, 0.5) is 4.39 Å². The number of benzene rings is 3. The van der Waals surface area contributed by atoms with Gasteiger partial charge in [0.1, 0.15) is 18.1 Å². The van der Waals surface area contributed by atoms with Gasteiger partial charge >= 0.3 is 0 Å². The zero-order chi connectivity index (χ0) is 24.1. The number of rotatable bonds is 9. The van der Waals surface area contributed by atoms with Crippen molar-refractivity contribution in [3.63, 3.8) is 0 Å². The van der Waals surface area contributed by atoms with E-state index in [-0.39, 0.29) is 23.7 Å². The fourth-order valence-corrected chi connectivity index (χ4v) is 3.79. The van der Waals surface area contributed by atoms with Crippen LogP contribution in [-0.4, -0.2) is 31.5 Å². The summed E-state index contributed by atoms with van der Waals surface area (Å²) in [4.78, 5) is 11.7. The van der Waals surface area contributed by atoms with Crippen LogP contribution in [-0.2, 0) is 13.0 Å². The number of aromatic nitrogens is 4. The van der Waals surface area contributed by atoms with Gasteiger partial charge in [0, 0.05) is 11.1 Å². The largest absolute Gasteiger partial charge is 0.507 e. The maximum Gasteiger partial charge on any atom is 0.179 e. The van der Waals surface area contributed by atoms with Gasteiger partial charge in [-0.1, -0.05) is 55.8 Å². The van der Waals surface area contributed by atoms with Gasteiger partial charge in [-0.15, -0.1) is 5.10 Å². The first-order valence-electron chi connectivity index (χ1n) is 11.0. The monoisotopic (exact) mass is 460 g/mol. The third-order valence-electron chi connectivity index (χ3n) is 5.58. The third kappa shape index (κ3) is 4.96. The molecule has 174 valence electrons. The zero-order valence-electron chi connectivity index (χ0n) is 19.0. The zero-order valence-corrected chi connectivity index (χ0v) is 19.0.